The van der Waals surface area contributed by atoms with Crippen LogP contribution in [0.3, 0.4) is 0 Å². The highest BCUT2D eigenvalue weighted by molar-refractivity contribution is 9.11. The Hall–Kier alpha value is -2.55. The molecular weight excluding hydrogens is 588 g/mol. The van der Waals surface area contributed by atoms with Crippen LogP contribution in [0, 0.1) is 23.7 Å². The van der Waals surface area contributed by atoms with Gasteiger partial charge in [0.2, 0.25) is 0 Å². The van der Waals surface area contributed by atoms with E-state index in [0.717, 1.165) is 17.0 Å². The van der Waals surface area contributed by atoms with Crippen LogP contribution in [0.2, 0.25) is 5.02 Å². The minimum absolute atomic E-state index is 0.107. The Balaban J connectivity index is 1.36. The number of imide groups is 1. The molecule has 34 heavy (non-hydrogen) atoms. The molecular formula is C25H17Br2ClN2O4. The molecule has 2 aromatic carbocycles. The highest BCUT2D eigenvalue weighted by Gasteiger charge is 2.59. The second-order valence-corrected chi connectivity index (χ2v) is 10.6. The molecule has 0 N–H and O–H groups in total. The van der Waals surface area contributed by atoms with E-state index in [4.69, 9.17) is 16.3 Å². The van der Waals surface area contributed by atoms with E-state index in [1.165, 1.54) is 12.3 Å². The van der Waals surface area contributed by atoms with Crippen molar-refractivity contribution in [2.24, 2.45) is 28.8 Å². The van der Waals surface area contributed by atoms with Crippen molar-refractivity contribution in [1.82, 2.24) is 5.01 Å². The molecule has 3 aliphatic rings. The van der Waals surface area contributed by atoms with E-state index >= 15 is 0 Å². The molecule has 2 bridgehead atoms. The van der Waals surface area contributed by atoms with Crippen LogP contribution in [-0.4, -0.2) is 29.0 Å². The van der Waals surface area contributed by atoms with Gasteiger partial charge in [-0.3, -0.25) is 9.59 Å². The number of halogens is 3. The molecule has 2 amide bonds. The zero-order chi connectivity index (χ0) is 24.0. The average Bonchev–Trinajstić information content (AvgIpc) is 3.48. The van der Waals surface area contributed by atoms with Gasteiger partial charge in [0.25, 0.3) is 11.8 Å². The van der Waals surface area contributed by atoms with Crippen molar-refractivity contribution in [3.05, 3.63) is 79.7 Å². The van der Waals surface area contributed by atoms with Crippen LogP contribution >= 0.6 is 43.5 Å². The lowest BCUT2D eigenvalue weighted by molar-refractivity contribution is -0.140. The molecule has 1 saturated carbocycles. The first kappa shape index (κ1) is 23.2. The van der Waals surface area contributed by atoms with Crippen molar-refractivity contribution >= 4 is 73.5 Å². The molecule has 172 valence electrons. The van der Waals surface area contributed by atoms with Crippen LogP contribution in [0.1, 0.15) is 17.5 Å². The van der Waals surface area contributed by atoms with Gasteiger partial charge in [0.15, 0.2) is 5.75 Å². The maximum atomic E-state index is 12.9. The van der Waals surface area contributed by atoms with Gasteiger partial charge in [-0.15, -0.1) is 0 Å². The van der Waals surface area contributed by atoms with Gasteiger partial charge in [0.05, 0.1) is 22.5 Å². The molecule has 1 heterocycles. The summed E-state index contributed by atoms with van der Waals surface area (Å²) in [5.41, 5.74) is 1.21. The number of hydrazone groups is 1. The number of ether oxygens (including phenoxy) is 1. The monoisotopic (exact) mass is 602 g/mol. The molecule has 5 rings (SSSR count). The topological polar surface area (TPSA) is 76.0 Å². The fourth-order valence-electron chi connectivity index (χ4n) is 4.78. The number of amides is 2. The van der Waals surface area contributed by atoms with Crippen LogP contribution in [-0.2, 0) is 14.4 Å². The number of fused-ring (bicyclic) bond motifs is 5. The van der Waals surface area contributed by atoms with Crippen molar-refractivity contribution < 1.29 is 19.1 Å². The lowest BCUT2D eigenvalue weighted by atomic mass is 9.85. The van der Waals surface area contributed by atoms with Crippen LogP contribution in [0.5, 0.6) is 5.75 Å². The average molecular weight is 605 g/mol. The Labute approximate surface area is 217 Å². The third-order valence-corrected chi connectivity index (χ3v) is 7.58. The van der Waals surface area contributed by atoms with E-state index in [0.29, 0.717) is 19.5 Å². The Kier molecular flexibility index (Phi) is 6.31. The van der Waals surface area contributed by atoms with Crippen molar-refractivity contribution in [1.29, 1.82) is 0 Å². The summed E-state index contributed by atoms with van der Waals surface area (Å²) in [6.45, 7) is 0. The number of carbonyl (C=O) groups excluding carboxylic acids is 3. The smallest absolute Gasteiger partial charge is 0.336 e. The number of nitrogens with zero attached hydrogens (tertiary/aromatic N) is 2. The van der Waals surface area contributed by atoms with Crippen LogP contribution < -0.4 is 4.74 Å². The summed E-state index contributed by atoms with van der Waals surface area (Å²) in [6, 6.07) is 10.4. The van der Waals surface area contributed by atoms with Gasteiger partial charge >= 0.3 is 5.97 Å². The van der Waals surface area contributed by atoms with E-state index < -0.39 is 5.97 Å². The zero-order valence-electron chi connectivity index (χ0n) is 17.5. The Morgan fingerprint density at radius 2 is 1.71 bits per heavy atom. The third-order valence-electron chi connectivity index (χ3n) is 6.28. The Morgan fingerprint density at radius 1 is 1.06 bits per heavy atom. The second kappa shape index (κ2) is 9.24. The number of rotatable bonds is 5. The largest absolute Gasteiger partial charge is 0.421 e. The first-order chi connectivity index (χ1) is 16.3. The molecule has 1 saturated heterocycles. The van der Waals surface area contributed by atoms with E-state index in [9.17, 15) is 14.4 Å². The first-order valence-corrected chi connectivity index (χ1v) is 12.5. The molecule has 2 aliphatic carbocycles. The summed E-state index contributed by atoms with van der Waals surface area (Å²) in [7, 11) is 0. The molecule has 6 nitrogen and oxygen atoms in total. The quantitative estimate of drug-likeness (QED) is 0.111. The molecule has 0 spiro atoms. The number of allylic oxidation sites excluding steroid dienone is 2. The maximum absolute atomic E-state index is 12.9. The predicted molar refractivity (Wildman–Crippen MR) is 135 cm³/mol. The number of carbonyl (C=O) groups is 3. The summed E-state index contributed by atoms with van der Waals surface area (Å²) in [5, 5.41) is 5.77. The molecule has 0 unspecified atom stereocenters. The van der Waals surface area contributed by atoms with Crippen molar-refractivity contribution in [2.75, 3.05) is 0 Å². The highest BCUT2D eigenvalue weighted by atomic mass is 79.9. The van der Waals surface area contributed by atoms with Gasteiger partial charge in [-0.1, -0.05) is 51.8 Å². The maximum Gasteiger partial charge on any atom is 0.336 e. The molecule has 2 aromatic rings. The zero-order valence-corrected chi connectivity index (χ0v) is 21.5. The third kappa shape index (κ3) is 4.30. The van der Waals surface area contributed by atoms with Gasteiger partial charge in [0, 0.05) is 21.1 Å². The minimum atomic E-state index is -0.599. The molecule has 1 aliphatic heterocycles. The summed E-state index contributed by atoms with van der Waals surface area (Å²) < 4.78 is 6.77. The number of hydrogen-bond donors (Lipinski definition) is 0. The van der Waals surface area contributed by atoms with E-state index in [1.54, 1.807) is 42.5 Å². The summed E-state index contributed by atoms with van der Waals surface area (Å²) in [5.74, 6) is -1.38. The summed E-state index contributed by atoms with van der Waals surface area (Å²) in [4.78, 5) is 38.2. The lowest BCUT2D eigenvalue weighted by Gasteiger charge is -2.13. The fourth-order valence-corrected chi connectivity index (χ4v) is 6.24. The Bertz CT molecular complexity index is 1260. The molecule has 0 aromatic heterocycles. The molecule has 0 radical (unpaired) electrons. The summed E-state index contributed by atoms with van der Waals surface area (Å²) in [6.07, 6.45) is 9.20. The normalized spacial score (nSPS) is 25.2. The van der Waals surface area contributed by atoms with Gasteiger partial charge in [-0.25, -0.2) is 4.79 Å². The van der Waals surface area contributed by atoms with Crippen molar-refractivity contribution in [2.45, 2.75) is 6.42 Å². The second-order valence-electron chi connectivity index (χ2n) is 8.34. The molecule has 9 heteroatoms. The minimum Gasteiger partial charge on any atom is -0.421 e. The number of benzene rings is 2. The van der Waals surface area contributed by atoms with Gasteiger partial charge in [-0.05, 0) is 70.1 Å². The number of esters is 1. The SMILES string of the molecule is O=C(/C=C/c1ccc(Cl)cc1)Oc1c(Br)cc(Br)cc1C=NN1C(=O)[C@@H]2[C@H](C1=O)[C@H]1C=C[C@H]2C1. The summed E-state index contributed by atoms with van der Waals surface area (Å²) >= 11 is 12.7. The predicted octanol–water partition coefficient (Wildman–Crippen LogP) is 5.62. The Morgan fingerprint density at radius 3 is 2.35 bits per heavy atom. The van der Waals surface area contributed by atoms with Gasteiger partial charge in [0.1, 0.15) is 0 Å². The molecule has 2 fully saturated rings. The molecule has 4 atom stereocenters. The highest BCUT2D eigenvalue weighted by Crippen LogP contribution is 2.52. The van der Waals surface area contributed by atoms with Crippen LogP contribution in [0.25, 0.3) is 6.08 Å². The number of hydrogen-bond acceptors (Lipinski definition) is 5. The van der Waals surface area contributed by atoms with Crippen molar-refractivity contribution in [3.8, 4) is 5.75 Å². The first-order valence-electron chi connectivity index (χ1n) is 10.6. The van der Waals surface area contributed by atoms with E-state index in [-0.39, 0.29) is 41.2 Å². The fraction of sp³-hybridized carbons (Fsp3) is 0.200. The van der Waals surface area contributed by atoms with Crippen LogP contribution in [0.4, 0.5) is 0 Å². The lowest BCUT2D eigenvalue weighted by Crippen LogP contribution is -2.28. The van der Waals surface area contributed by atoms with Gasteiger partial charge in [-0.2, -0.15) is 10.1 Å². The van der Waals surface area contributed by atoms with Crippen LogP contribution in [0.15, 0.2) is 68.7 Å². The van der Waals surface area contributed by atoms with E-state index in [2.05, 4.69) is 37.0 Å². The van der Waals surface area contributed by atoms with E-state index in [1.807, 2.05) is 12.2 Å². The van der Waals surface area contributed by atoms with Gasteiger partial charge < -0.3 is 4.74 Å². The standard InChI is InChI=1S/C25H17Br2ClN2O4/c26-17-10-16(12-29-30-24(32)21-14-4-5-15(9-14)22(21)25(30)33)23(19(27)11-17)34-20(31)8-3-13-1-6-18(28)7-2-13/h1-8,10-12,14-15,21-22H,9H2/b8-3+,29-12?/t14-,15-,21-,22+/m0/s1. The van der Waals surface area contributed by atoms with Crippen molar-refractivity contribution in [3.63, 3.8) is 0 Å².